The molecule has 0 radical (unpaired) electrons. The molecule has 6 N–H and O–H groups in total. The van der Waals surface area contributed by atoms with Gasteiger partial charge in [-0.2, -0.15) is 0 Å². The van der Waals surface area contributed by atoms with Gasteiger partial charge in [0, 0.05) is 19.5 Å². The molecule has 1 aromatic carbocycles. The largest absolute Gasteiger partial charge is 0.508 e. The molecule has 124 valence electrons. The maximum absolute atomic E-state index is 12.4. The van der Waals surface area contributed by atoms with Crippen LogP contribution in [0.15, 0.2) is 24.3 Å². The van der Waals surface area contributed by atoms with Gasteiger partial charge in [0.15, 0.2) is 5.78 Å². The standard InChI is InChI=1S/C15H20N4O4/c16-11-8-13(21)17-5-6-18-15(23)19-12(14(11)22)7-9-1-3-10(20)4-2-9/h1-4,11-12,20H,5-8,16H2,(H,17,21)(H2,18,19,23). The van der Waals surface area contributed by atoms with Crippen LogP contribution in [0.1, 0.15) is 12.0 Å². The molecule has 2 rings (SSSR count). The van der Waals surface area contributed by atoms with Crippen molar-refractivity contribution in [3.05, 3.63) is 29.8 Å². The van der Waals surface area contributed by atoms with Crippen LogP contribution in [0, 0.1) is 0 Å². The predicted octanol–water partition coefficient (Wildman–Crippen LogP) is -0.981. The summed E-state index contributed by atoms with van der Waals surface area (Å²) in [7, 11) is 0. The number of aromatic hydroxyl groups is 1. The number of carbonyl (C=O) groups is 3. The molecule has 0 aliphatic carbocycles. The number of phenolic OH excluding ortho intramolecular Hbond substituents is 1. The van der Waals surface area contributed by atoms with Crippen LogP contribution in [0.5, 0.6) is 5.75 Å². The SMILES string of the molecule is NC1CC(=O)NCCNC(=O)NC(Cc2ccc(O)cc2)C1=O. The Morgan fingerprint density at radius 3 is 2.43 bits per heavy atom. The Hall–Kier alpha value is -2.61. The number of hydrogen-bond donors (Lipinski definition) is 5. The molecule has 8 heteroatoms. The van der Waals surface area contributed by atoms with Crippen molar-refractivity contribution < 1.29 is 19.5 Å². The highest BCUT2D eigenvalue weighted by Crippen LogP contribution is 2.12. The van der Waals surface area contributed by atoms with E-state index in [4.69, 9.17) is 5.73 Å². The van der Waals surface area contributed by atoms with Crippen molar-refractivity contribution in [2.24, 2.45) is 5.73 Å². The minimum atomic E-state index is -0.990. The lowest BCUT2D eigenvalue weighted by Crippen LogP contribution is -2.52. The molecule has 0 saturated carbocycles. The Morgan fingerprint density at radius 1 is 1.09 bits per heavy atom. The minimum absolute atomic E-state index is 0.113. The summed E-state index contributed by atoms with van der Waals surface area (Å²) in [5.74, 6) is -0.628. The molecular formula is C15H20N4O4. The molecule has 1 aromatic rings. The van der Waals surface area contributed by atoms with E-state index in [9.17, 15) is 19.5 Å². The van der Waals surface area contributed by atoms with Gasteiger partial charge < -0.3 is 26.8 Å². The van der Waals surface area contributed by atoms with E-state index < -0.39 is 23.9 Å². The highest BCUT2D eigenvalue weighted by atomic mass is 16.3. The maximum atomic E-state index is 12.4. The number of hydrogen-bond acceptors (Lipinski definition) is 5. The van der Waals surface area contributed by atoms with Gasteiger partial charge in [-0.25, -0.2) is 4.79 Å². The Balaban J connectivity index is 2.16. The zero-order chi connectivity index (χ0) is 16.8. The first-order valence-electron chi connectivity index (χ1n) is 7.34. The number of Topliss-reactive ketones (excluding diaryl/α,β-unsaturated/α-hetero) is 1. The second-order valence-electron chi connectivity index (χ2n) is 5.39. The summed E-state index contributed by atoms with van der Waals surface area (Å²) in [6.45, 7) is 0.530. The van der Waals surface area contributed by atoms with Crippen LogP contribution >= 0.6 is 0 Å². The van der Waals surface area contributed by atoms with Gasteiger partial charge in [-0.05, 0) is 24.1 Å². The molecule has 1 heterocycles. The van der Waals surface area contributed by atoms with Crippen molar-refractivity contribution in [2.45, 2.75) is 24.9 Å². The Kier molecular flexibility index (Phi) is 5.53. The van der Waals surface area contributed by atoms with Crippen LogP contribution < -0.4 is 21.7 Å². The number of benzene rings is 1. The van der Waals surface area contributed by atoms with E-state index in [0.29, 0.717) is 0 Å². The summed E-state index contributed by atoms with van der Waals surface area (Å²) in [6.07, 6.45) is 0.0998. The van der Waals surface area contributed by atoms with Crippen molar-refractivity contribution in [1.29, 1.82) is 0 Å². The van der Waals surface area contributed by atoms with E-state index in [-0.39, 0.29) is 37.6 Å². The van der Waals surface area contributed by atoms with Crippen molar-refractivity contribution in [3.8, 4) is 5.75 Å². The van der Waals surface area contributed by atoms with Gasteiger partial charge in [0.25, 0.3) is 0 Å². The molecule has 3 amide bonds. The second-order valence-corrected chi connectivity index (χ2v) is 5.39. The van der Waals surface area contributed by atoms with Crippen LogP contribution in [0.4, 0.5) is 4.79 Å². The number of ketones is 1. The van der Waals surface area contributed by atoms with E-state index in [1.54, 1.807) is 12.1 Å². The smallest absolute Gasteiger partial charge is 0.315 e. The Labute approximate surface area is 133 Å². The van der Waals surface area contributed by atoms with Crippen molar-refractivity contribution in [2.75, 3.05) is 13.1 Å². The van der Waals surface area contributed by atoms with Gasteiger partial charge in [0.2, 0.25) is 5.91 Å². The molecule has 23 heavy (non-hydrogen) atoms. The van der Waals surface area contributed by atoms with Gasteiger partial charge in [-0.15, -0.1) is 0 Å². The number of nitrogens with two attached hydrogens (primary N) is 1. The van der Waals surface area contributed by atoms with Crippen LogP contribution in [0.25, 0.3) is 0 Å². The highest BCUT2D eigenvalue weighted by molar-refractivity contribution is 5.95. The molecule has 2 unspecified atom stereocenters. The van der Waals surface area contributed by atoms with E-state index in [1.807, 2.05) is 0 Å². The number of urea groups is 1. The van der Waals surface area contributed by atoms with Crippen LogP contribution in [-0.2, 0) is 16.0 Å². The average molecular weight is 320 g/mol. The normalized spacial score (nSPS) is 23.3. The lowest BCUT2D eigenvalue weighted by molar-refractivity contribution is -0.127. The number of carbonyl (C=O) groups excluding carboxylic acids is 3. The van der Waals surface area contributed by atoms with E-state index in [2.05, 4.69) is 16.0 Å². The average Bonchev–Trinajstić information content (AvgIpc) is 2.53. The van der Waals surface area contributed by atoms with Gasteiger partial charge in [-0.3, -0.25) is 9.59 Å². The van der Waals surface area contributed by atoms with E-state index >= 15 is 0 Å². The molecule has 2 atom stereocenters. The molecule has 1 fully saturated rings. The number of rotatable bonds is 2. The zero-order valence-corrected chi connectivity index (χ0v) is 12.5. The van der Waals surface area contributed by atoms with E-state index in [1.165, 1.54) is 12.1 Å². The second kappa shape index (κ2) is 7.59. The predicted molar refractivity (Wildman–Crippen MR) is 82.7 cm³/mol. The molecule has 0 aromatic heterocycles. The Bertz CT molecular complexity index is 588. The fourth-order valence-electron chi connectivity index (χ4n) is 2.31. The molecule has 1 saturated heterocycles. The maximum Gasteiger partial charge on any atom is 0.315 e. The third-order valence-electron chi connectivity index (χ3n) is 3.53. The Morgan fingerprint density at radius 2 is 1.74 bits per heavy atom. The first-order valence-corrected chi connectivity index (χ1v) is 7.34. The third-order valence-corrected chi connectivity index (χ3v) is 3.53. The number of amides is 3. The first-order chi connectivity index (χ1) is 11.0. The van der Waals surface area contributed by atoms with Crippen molar-refractivity contribution >= 4 is 17.7 Å². The quantitative estimate of drug-likeness (QED) is 0.477. The number of phenols is 1. The van der Waals surface area contributed by atoms with Gasteiger partial charge >= 0.3 is 6.03 Å². The van der Waals surface area contributed by atoms with Crippen molar-refractivity contribution in [3.63, 3.8) is 0 Å². The van der Waals surface area contributed by atoms with Gasteiger partial charge in [0.05, 0.1) is 12.1 Å². The number of nitrogens with one attached hydrogen (secondary N) is 3. The summed E-state index contributed by atoms with van der Waals surface area (Å²) in [4.78, 5) is 35.9. The fourth-order valence-corrected chi connectivity index (χ4v) is 2.31. The highest BCUT2D eigenvalue weighted by Gasteiger charge is 2.28. The summed E-state index contributed by atoms with van der Waals surface area (Å²) in [6, 6.07) is 3.98. The molecule has 8 nitrogen and oxygen atoms in total. The lowest BCUT2D eigenvalue weighted by atomic mass is 9.96. The van der Waals surface area contributed by atoms with Gasteiger partial charge in [-0.1, -0.05) is 12.1 Å². The molecular weight excluding hydrogens is 300 g/mol. The third kappa shape index (κ3) is 4.96. The zero-order valence-electron chi connectivity index (χ0n) is 12.5. The van der Waals surface area contributed by atoms with Crippen LogP contribution in [0.3, 0.4) is 0 Å². The monoisotopic (exact) mass is 320 g/mol. The lowest BCUT2D eigenvalue weighted by Gasteiger charge is -2.20. The summed E-state index contributed by atoms with van der Waals surface area (Å²) < 4.78 is 0. The molecule has 0 bridgehead atoms. The summed E-state index contributed by atoms with van der Waals surface area (Å²) in [5, 5.41) is 17.0. The van der Waals surface area contributed by atoms with Crippen LogP contribution in [-0.4, -0.2) is 48.0 Å². The van der Waals surface area contributed by atoms with Gasteiger partial charge in [0.1, 0.15) is 5.75 Å². The fraction of sp³-hybridized carbons (Fsp3) is 0.400. The molecule has 0 spiro atoms. The topological polar surface area (TPSA) is 134 Å². The van der Waals surface area contributed by atoms with Crippen molar-refractivity contribution in [1.82, 2.24) is 16.0 Å². The molecule has 1 aliphatic rings. The molecule has 1 aliphatic heterocycles. The van der Waals surface area contributed by atoms with Crippen LogP contribution in [0.2, 0.25) is 0 Å². The van der Waals surface area contributed by atoms with E-state index in [0.717, 1.165) is 5.56 Å². The summed E-state index contributed by atoms with van der Waals surface area (Å²) >= 11 is 0. The minimum Gasteiger partial charge on any atom is -0.508 e. The first kappa shape index (κ1) is 16.8. The summed E-state index contributed by atoms with van der Waals surface area (Å²) in [5.41, 5.74) is 6.56.